The summed E-state index contributed by atoms with van der Waals surface area (Å²) in [7, 11) is 0. The van der Waals surface area contributed by atoms with E-state index in [0.29, 0.717) is 24.3 Å². The Morgan fingerprint density at radius 2 is 2.22 bits per heavy atom. The Morgan fingerprint density at radius 3 is 2.89 bits per heavy atom. The van der Waals surface area contributed by atoms with Gasteiger partial charge in [-0.15, -0.1) is 0 Å². The van der Waals surface area contributed by atoms with Crippen molar-refractivity contribution >= 4 is 11.6 Å². The van der Waals surface area contributed by atoms with Crippen molar-refractivity contribution in [1.82, 2.24) is 5.32 Å². The van der Waals surface area contributed by atoms with Crippen LogP contribution in [-0.2, 0) is 0 Å². The topological polar surface area (TPSA) is 41.1 Å². The minimum atomic E-state index is -0.383. The molecule has 1 amide bonds. The van der Waals surface area contributed by atoms with E-state index in [-0.39, 0.29) is 11.7 Å². The third-order valence-corrected chi connectivity index (χ3v) is 3.15. The SMILES string of the molecule is CCNc1c(F)cccc1C(=O)NCCC1CC1. The molecule has 2 rings (SSSR count). The van der Waals surface area contributed by atoms with Gasteiger partial charge in [0.15, 0.2) is 0 Å². The highest BCUT2D eigenvalue weighted by molar-refractivity contribution is 5.99. The second-order valence-electron chi connectivity index (χ2n) is 4.68. The lowest BCUT2D eigenvalue weighted by atomic mass is 10.1. The van der Waals surface area contributed by atoms with Gasteiger partial charge in [-0.2, -0.15) is 0 Å². The highest BCUT2D eigenvalue weighted by atomic mass is 19.1. The normalized spacial score (nSPS) is 14.3. The number of para-hydroxylation sites is 1. The molecule has 0 bridgehead atoms. The molecule has 2 N–H and O–H groups in total. The lowest BCUT2D eigenvalue weighted by Crippen LogP contribution is -2.26. The summed E-state index contributed by atoms with van der Waals surface area (Å²) in [5.41, 5.74) is 0.677. The fraction of sp³-hybridized carbons (Fsp3) is 0.500. The van der Waals surface area contributed by atoms with E-state index in [9.17, 15) is 9.18 Å². The van der Waals surface area contributed by atoms with E-state index in [1.165, 1.54) is 18.9 Å². The van der Waals surface area contributed by atoms with Crippen LogP contribution in [0.3, 0.4) is 0 Å². The van der Waals surface area contributed by atoms with Crippen molar-refractivity contribution < 1.29 is 9.18 Å². The van der Waals surface area contributed by atoms with E-state index in [0.717, 1.165) is 12.3 Å². The second kappa shape index (κ2) is 5.85. The number of nitrogens with one attached hydrogen (secondary N) is 2. The molecule has 0 saturated heterocycles. The summed E-state index contributed by atoms with van der Waals surface area (Å²) in [6, 6.07) is 4.57. The van der Waals surface area contributed by atoms with E-state index >= 15 is 0 Å². The van der Waals surface area contributed by atoms with Gasteiger partial charge in [0, 0.05) is 13.1 Å². The van der Waals surface area contributed by atoms with Crippen molar-refractivity contribution in [3.8, 4) is 0 Å². The van der Waals surface area contributed by atoms with Crippen LogP contribution in [0, 0.1) is 11.7 Å². The summed E-state index contributed by atoms with van der Waals surface area (Å²) in [5, 5.41) is 5.75. The predicted octanol–water partition coefficient (Wildman–Crippen LogP) is 2.79. The molecule has 4 heteroatoms. The number of benzene rings is 1. The average molecular weight is 250 g/mol. The van der Waals surface area contributed by atoms with Gasteiger partial charge >= 0.3 is 0 Å². The fourth-order valence-electron chi connectivity index (χ4n) is 1.96. The molecule has 98 valence electrons. The zero-order valence-corrected chi connectivity index (χ0v) is 10.6. The van der Waals surface area contributed by atoms with Crippen LogP contribution in [0.15, 0.2) is 18.2 Å². The van der Waals surface area contributed by atoms with Crippen LogP contribution < -0.4 is 10.6 Å². The number of halogens is 1. The molecule has 0 unspecified atom stereocenters. The molecule has 1 aromatic carbocycles. The van der Waals surface area contributed by atoms with Crippen LogP contribution in [0.5, 0.6) is 0 Å². The molecule has 1 aliphatic rings. The molecule has 1 saturated carbocycles. The van der Waals surface area contributed by atoms with Gasteiger partial charge in [0.25, 0.3) is 5.91 Å². The van der Waals surface area contributed by atoms with Gasteiger partial charge in [-0.3, -0.25) is 4.79 Å². The quantitative estimate of drug-likeness (QED) is 0.815. The van der Waals surface area contributed by atoms with Crippen molar-refractivity contribution in [2.45, 2.75) is 26.2 Å². The van der Waals surface area contributed by atoms with E-state index in [4.69, 9.17) is 0 Å². The molecule has 0 aromatic heterocycles. The van der Waals surface area contributed by atoms with Crippen molar-refractivity contribution in [3.63, 3.8) is 0 Å². The van der Waals surface area contributed by atoms with E-state index in [1.54, 1.807) is 12.1 Å². The van der Waals surface area contributed by atoms with Crippen molar-refractivity contribution in [1.29, 1.82) is 0 Å². The van der Waals surface area contributed by atoms with E-state index in [2.05, 4.69) is 10.6 Å². The smallest absolute Gasteiger partial charge is 0.253 e. The molecule has 1 aliphatic carbocycles. The monoisotopic (exact) mass is 250 g/mol. The number of carbonyl (C=O) groups is 1. The molecule has 18 heavy (non-hydrogen) atoms. The number of amides is 1. The van der Waals surface area contributed by atoms with Crippen LogP contribution in [-0.4, -0.2) is 19.0 Å². The predicted molar refractivity (Wildman–Crippen MR) is 70.2 cm³/mol. The van der Waals surface area contributed by atoms with Gasteiger partial charge in [-0.05, 0) is 31.4 Å². The summed E-state index contributed by atoms with van der Waals surface area (Å²) < 4.78 is 13.6. The number of hydrogen-bond acceptors (Lipinski definition) is 2. The Balaban J connectivity index is 2.00. The number of rotatable bonds is 6. The van der Waals surface area contributed by atoms with Gasteiger partial charge in [0.05, 0.1) is 11.3 Å². The molecular weight excluding hydrogens is 231 g/mol. The lowest BCUT2D eigenvalue weighted by molar-refractivity contribution is 0.0953. The number of anilines is 1. The highest BCUT2D eigenvalue weighted by Gasteiger charge is 2.21. The maximum atomic E-state index is 13.6. The maximum absolute atomic E-state index is 13.6. The Morgan fingerprint density at radius 1 is 1.44 bits per heavy atom. The molecule has 3 nitrogen and oxygen atoms in total. The van der Waals surface area contributed by atoms with Gasteiger partial charge in [-0.25, -0.2) is 4.39 Å². The van der Waals surface area contributed by atoms with Crippen LogP contribution in [0.2, 0.25) is 0 Å². The van der Waals surface area contributed by atoms with Crippen LogP contribution >= 0.6 is 0 Å². The Kier molecular flexibility index (Phi) is 4.18. The Labute approximate surface area is 107 Å². The molecule has 0 spiro atoms. The summed E-state index contributed by atoms with van der Waals surface area (Å²) in [6.07, 6.45) is 3.58. The molecular formula is C14H19FN2O. The summed E-state index contributed by atoms with van der Waals surface area (Å²) in [4.78, 5) is 12.0. The number of carbonyl (C=O) groups excluding carboxylic acids is 1. The lowest BCUT2D eigenvalue weighted by Gasteiger charge is -2.11. The van der Waals surface area contributed by atoms with Crippen LogP contribution in [0.4, 0.5) is 10.1 Å². The van der Waals surface area contributed by atoms with Gasteiger partial charge in [0.1, 0.15) is 5.82 Å². The summed E-state index contributed by atoms with van der Waals surface area (Å²) >= 11 is 0. The second-order valence-corrected chi connectivity index (χ2v) is 4.68. The Bertz CT molecular complexity index is 430. The van der Waals surface area contributed by atoms with Gasteiger partial charge in [-0.1, -0.05) is 18.9 Å². The van der Waals surface area contributed by atoms with Crippen molar-refractivity contribution in [3.05, 3.63) is 29.6 Å². The van der Waals surface area contributed by atoms with E-state index < -0.39 is 0 Å². The van der Waals surface area contributed by atoms with Crippen LogP contribution in [0.25, 0.3) is 0 Å². The zero-order chi connectivity index (χ0) is 13.0. The molecule has 1 aromatic rings. The molecule has 1 fully saturated rings. The first-order valence-electron chi connectivity index (χ1n) is 6.53. The average Bonchev–Trinajstić information content (AvgIpc) is 3.16. The first-order valence-corrected chi connectivity index (χ1v) is 6.53. The standard InChI is InChI=1S/C14H19FN2O/c1-2-16-13-11(4-3-5-12(13)15)14(18)17-9-8-10-6-7-10/h3-5,10,16H,2,6-9H2,1H3,(H,17,18). The first-order chi connectivity index (χ1) is 8.72. The minimum Gasteiger partial charge on any atom is -0.382 e. The molecule has 0 aliphatic heterocycles. The molecule has 0 heterocycles. The minimum absolute atomic E-state index is 0.203. The third-order valence-electron chi connectivity index (χ3n) is 3.15. The van der Waals surface area contributed by atoms with Crippen molar-refractivity contribution in [2.24, 2.45) is 5.92 Å². The summed E-state index contributed by atoms with van der Waals surface area (Å²) in [5.74, 6) is 0.198. The fourth-order valence-corrected chi connectivity index (χ4v) is 1.96. The maximum Gasteiger partial charge on any atom is 0.253 e. The Hall–Kier alpha value is -1.58. The van der Waals surface area contributed by atoms with Crippen molar-refractivity contribution in [2.75, 3.05) is 18.4 Å². The largest absolute Gasteiger partial charge is 0.382 e. The number of hydrogen-bond donors (Lipinski definition) is 2. The summed E-state index contributed by atoms with van der Waals surface area (Å²) in [6.45, 7) is 3.14. The van der Waals surface area contributed by atoms with Gasteiger partial charge in [0.2, 0.25) is 0 Å². The molecule has 0 atom stereocenters. The van der Waals surface area contributed by atoms with Gasteiger partial charge < -0.3 is 10.6 Å². The van der Waals surface area contributed by atoms with Crippen LogP contribution in [0.1, 0.15) is 36.5 Å². The first kappa shape index (κ1) is 12.9. The highest BCUT2D eigenvalue weighted by Crippen LogP contribution is 2.31. The third kappa shape index (κ3) is 3.22. The van der Waals surface area contributed by atoms with E-state index in [1.807, 2.05) is 6.92 Å². The zero-order valence-electron chi connectivity index (χ0n) is 10.6. The molecule has 0 radical (unpaired) electrons.